The second-order valence-electron chi connectivity index (χ2n) is 8.02. The molecule has 1 aliphatic rings. The van der Waals surface area contributed by atoms with E-state index in [0.29, 0.717) is 17.0 Å². The zero-order valence-electron chi connectivity index (χ0n) is 17.0. The summed E-state index contributed by atoms with van der Waals surface area (Å²) in [7, 11) is 0. The van der Waals surface area contributed by atoms with Crippen molar-refractivity contribution in [1.82, 2.24) is 24.3 Å². The number of imidazole rings is 1. The number of rotatable bonds is 5. The van der Waals surface area contributed by atoms with Crippen LogP contribution in [0.3, 0.4) is 0 Å². The summed E-state index contributed by atoms with van der Waals surface area (Å²) in [4.78, 5) is 16.5. The number of carbonyl (C=O) groups excluding carboxylic acids is 1. The highest BCUT2D eigenvalue weighted by molar-refractivity contribution is 5.93. The quantitative estimate of drug-likeness (QED) is 0.486. The number of nitrogens with one attached hydrogen (secondary N) is 2. The fraction of sp³-hybridized carbons (Fsp3) is 0.318. The lowest BCUT2D eigenvalue weighted by molar-refractivity contribution is 0.0921. The normalized spacial score (nSPS) is 19.0. The Morgan fingerprint density at radius 3 is 2.66 bits per heavy atom. The Bertz CT molecular complexity index is 1280. The number of fused-ring (bicyclic) bond motifs is 2. The molecule has 1 amide bonds. The second kappa shape index (κ2) is 8.18. The van der Waals surface area contributed by atoms with E-state index in [2.05, 4.69) is 20.7 Å². The molecule has 0 atom stereocenters. The van der Waals surface area contributed by atoms with E-state index in [1.54, 1.807) is 22.6 Å². The number of pyridine rings is 2. The highest BCUT2D eigenvalue weighted by Crippen LogP contribution is 2.25. The van der Waals surface area contributed by atoms with Crippen LogP contribution in [0.2, 0.25) is 0 Å². The van der Waals surface area contributed by atoms with Crippen LogP contribution in [0.15, 0.2) is 48.8 Å². The van der Waals surface area contributed by atoms with Gasteiger partial charge in [-0.3, -0.25) is 9.20 Å². The van der Waals surface area contributed by atoms with Crippen molar-refractivity contribution in [2.45, 2.75) is 44.2 Å². The number of halogens is 3. The molecule has 1 fully saturated rings. The van der Waals surface area contributed by atoms with Gasteiger partial charge in [-0.15, -0.1) is 0 Å². The van der Waals surface area contributed by atoms with E-state index in [4.69, 9.17) is 0 Å². The Morgan fingerprint density at radius 2 is 1.88 bits per heavy atom. The maximum atomic E-state index is 13.3. The van der Waals surface area contributed by atoms with Crippen LogP contribution < -0.4 is 10.6 Å². The van der Waals surface area contributed by atoms with E-state index in [0.717, 1.165) is 25.7 Å². The average molecular weight is 442 g/mol. The van der Waals surface area contributed by atoms with Crippen molar-refractivity contribution in [3.8, 4) is 0 Å². The lowest BCUT2D eigenvalue weighted by Gasteiger charge is -2.30. The summed E-state index contributed by atoms with van der Waals surface area (Å²) in [6.07, 6.45) is 3.38. The first-order valence-corrected chi connectivity index (χ1v) is 10.4. The van der Waals surface area contributed by atoms with Gasteiger partial charge in [0.15, 0.2) is 5.69 Å². The van der Waals surface area contributed by atoms with Crippen LogP contribution in [-0.4, -0.2) is 37.0 Å². The Morgan fingerprint density at radius 1 is 1.09 bits per heavy atom. The standard InChI is InChI=1S/C22H21F3N6O/c23-13-8-9-31-16(10-13)11-17(29-31)22(32)27-15-6-4-14(5-7-15)26-19-2-1-3-20-28-18(21(24)25)12-30(19)20/h1-3,8-12,14-15,21,26H,4-7H2,(H,27,32). The largest absolute Gasteiger partial charge is 0.368 e. The third-order valence-electron chi connectivity index (χ3n) is 5.81. The van der Waals surface area contributed by atoms with Crippen LogP contribution in [0.4, 0.5) is 19.0 Å². The summed E-state index contributed by atoms with van der Waals surface area (Å²) in [5, 5.41) is 10.6. The van der Waals surface area contributed by atoms with Gasteiger partial charge < -0.3 is 10.6 Å². The molecule has 4 heterocycles. The van der Waals surface area contributed by atoms with Crippen LogP contribution >= 0.6 is 0 Å². The van der Waals surface area contributed by atoms with Gasteiger partial charge >= 0.3 is 0 Å². The maximum absolute atomic E-state index is 13.3. The van der Waals surface area contributed by atoms with Gasteiger partial charge in [-0.25, -0.2) is 22.7 Å². The number of hydrogen-bond acceptors (Lipinski definition) is 4. The van der Waals surface area contributed by atoms with Gasteiger partial charge in [0.2, 0.25) is 0 Å². The topological polar surface area (TPSA) is 75.7 Å². The molecule has 5 rings (SSSR count). The van der Waals surface area contributed by atoms with Crippen LogP contribution in [0.5, 0.6) is 0 Å². The predicted octanol–water partition coefficient (Wildman–Crippen LogP) is 4.21. The number of nitrogens with zero attached hydrogens (tertiary/aromatic N) is 4. The fourth-order valence-electron chi connectivity index (χ4n) is 4.18. The SMILES string of the molecule is O=C(NC1CCC(Nc2cccc3nc(C(F)F)cn23)CC1)c1cc2cc(F)ccn2n1. The van der Waals surface area contributed by atoms with E-state index in [-0.39, 0.29) is 35.2 Å². The van der Waals surface area contributed by atoms with Crippen LogP contribution in [0, 0.1) is 5.82 Å². The summed E-state index contributed by atoms with van der Waals surface area (Å²) in [6, 6.07) is 9.65. The van der Waals surface area contributed by atoms with Gasteiger partial charge in [-0.2, -0.15) is 5.10 Å². The lowest BCUT2D eigenvalue weighted by atomic mass is 9.91. The molecule has 0 aromatic carbocycles. The van der Waals surface area contributed by atoms with Crippen molar-refractivity contribution in [3.05, 3.63) is 66.0 Å². The molecular weight excluding hydrogens is 421 g/mol. The van der Waals surface area contributed by atoms with Crippen molar-refractivity contribution in [2.24, 2.45) is 0 Å². The molecule has 2 N–H and O–H groups in total. The van der Waals surface area contributed by atoms with E-state index >= 15 is 0 Å². The third-order valence-corrected chi connectivity index (χ3v) is 5.81. The molecule has 0 spiro atoms. The average Bonchev–Trinajstić information content (AvgIpc) is 3.40. The molecule has 32 heavy (non-hydrogen) atoms. The molecule has 4 aromatic rings. The summed E-state index contributed by atoms with van der Waals surface area (Å²) >= 11 is 0. The zero-order valence-corrected chi connectivity index (χ0v) is 17.0. The number of amides is 1. The first-order chi connectivity index (χ1) is 15.5. The van der Waals surface area contributed by atoms with Gasteiger partial charge in [0.25, 0.3) is 12.3 Å². The van der Waals surface area contributed by atoms with Crippen molar-refractivity contribution < 1.29 is 18.0 Å². The maximum Gasteiger partial charge on any atom is 0.281 e. The molecule has 4 aromatic heterocycles. The number of hydrogen-bond donors (Lipinski definition) is 2. The first kappa shape index (κ1) is 20.3. The summed E-state index contributed by atoms with van der Waals surface area (Å²) in [5.41, 5.74) is 0.989. The molecule has 7 nitrogen and oxygen atoms in total. The Hall–Kier alpha value is -3.56. The van der Waals surface area contributed by atoms with Crippen molar-refractivity contribution >= 4 is 22.9 Å². The molecule has 0 bridgehead atoms. The highest BCUT2D eigenvalue weighted by Gasteiger charge is 2.24. The summed E-state index contributed by atoms with van der Waals surface area (Å²) < 4.78 is 42.4. The van der Waals surface area contributed by atoms with E-state index < -0.39 is 6.43 Å². The van der Waals surface area contributed by atoms with Crippen molar-refractivity contribution in [2.75, 3.05) is 5.32 Å². The third kappa shape index (κ3) is 4.00. The Balaban J connectivity index is 1.20. The fourth-order valence-corrected chi connectivity index (χ4v) is 4.18. The van der Waals surface area contributed by atoms with Gasteiger partial charge in [0.05, 0.1) is 5.52 Å². The second-order valence-corrected chi connectivity index (χ2v) is 8.02. The minimum atomic E-state index is -2.62. The van der Waals surface area contributed by atoms with E-state index in [1.165, 1.54) is 29.0 Å². The lowest BCUT2D eigenvalue weighted by Crippen LogP contribution is -2.40. The molecule has 166 valence electrons. The minimum Gasteiger partial charge on any atom is -0.368 e. The molecule has 1 saturated carbocycles. The van der Waals surface area contributed by atoms with Gasteiger partial charge in [0.1, 0.15) is 23.0 Å². The van der Waals surface area contributed by atoms with Gasteiger partial charge in [0, 0.05) is 24.5 Å². The number of anilines is 1. The van der Waals surface area contributed by atoms with Gasteiger partial charge in [-0.05, 0) is 56.0 Å². The van der Waals surface area contributed by atoms with E-state index in [9.17, 15) is 18.0 Å². The Labute approximate surface area is 181 Å². The molecule has 0 aliphatic heterocycles. The zero-order chi connectivity index (χ0) is 22.2. The van der Waals surface area contributed by atoms with Crippen LogP contribution in [0.25, 0.3) is 11.2 Å². The molecule has 0 unspecified atom stereocenters. The smallest absolute Gasteiger partial charge is 0.281 e. The monoisotopic (exact) mass is 442 g/mol. The molecule has 10 heteroatoms. The Kier molecular flexibility index (Phi) is 5.20. The van der Waals surface area contributed by atoms with E-state index in [1.807, 2.05) is 6.07 Å². The first-order valence-electron chi connectivity index (χ1n) is 10.4. The highest BCUT2D eigenvalue weighted by atomic mass is 19.3. The summed E-state index contributed by atoms with van der Waals surface area (Å²) in [5.74, 6) is 0.0477. The van der Waals surface area contributed by atoms with Crippen molar-refractivity contribution in [3.63, 3.8) is 0 Å². The molecular formula is C22H21F3N6O. The number of alkyl halides is 2. The molecule has 0 radical (unpaired) electrons. The minimum absolute atomic E-state index is 0.0107. The summed E-state index contributed by atoms with van der Waals surface area (Å²) in [6.45, 7) is 0. The number of aromatic nitrogens is 4. The molecule has 0 saturated heterocycles. The molecule has 1 aliphatic carbocycles. The predicted molar refractivity (Wildman–Crippen MR) is 112 cm³/mol. The van der Waals surface area contributed by atoms with Crippen molar-refractivity contribution in [1.29, 1.82) is 0 Å². The van der Waals surface area contributed by atoms with Crippen LogP contribution in [-0.2, 0) is 0 Å². The number of carbonyl (C=O) groups is 1. The van der Waals surface area contributed by atoms with Crippen LogP contribution in [0.1, 0.15) is 48.3 Å². The van der Waals surface area contributed by atoms with Gasteiger partial charge in [-0.1, -0.05) is 6.07 Å².